The van der Waals surface area contributed by atoms with Gasteiger partial charge < -0.3 is 10.2 Å². The van der Waals surface area contributed by atoms with Crippen molar-refractivity contribution >= 4 is 29.1 Å². The smallest absolute Gasteiger partial charge is 0.273 e. The lowest BCUT2D eigenvalue weighted by atomic mass is 10.1. The Bertz CT molecular complexity index is 923. The van der Waals surface area contributed by atoms with Crippen molar-refractivity contribution in [2.24, 2.45) is 0 Å². The molecule has 26 heavy (non-hydrogen) atoms. The quantitative estimate of drug-likeness (QED) is 0.829. The lowest BCUT2D eigenvalue weighted by molar-refractivity contribution is -0.131. The fourth-order valence-electron chi connectivity index (χ4n) is 3.94. The van der Waals surface area contributed by atoms with Crippen molar-refractivity contribution in [1.29, 1.82) is 0 Å². The van der Waals surface area contributed by atoms with E-state index in [1.165, 1.54) is 11.1 Å². The lowest BCUT2D eigenvalue weighted by Gasteiger charge is -2.24. The van der Waals surface area contributed by atoms with E-state index in [1.807, 2.05) is 4.90 Å². The number of amides is 1. The molecule has 140 valence electrons. The van der Waals surface area contributed by atoms with Crippen LogP contribution >= 0.6 is 12.4 Å². The predicted molar refractivity (Wildman–Crippen MR) is 102 cm³/mol. The summed E-state index contributed by atoms with van der Waals surface area (Å²) in [6.45, 7) is 1.68. The Kier molecular flexibility index (Phi) is 5.48. The van der Waals surface area contributed by atoms with Gasteiger partial charge in [0.25, 0.3) is 11.1 Å². The van der Waals surface area contributed by atoms with Gasteiger partial charge in [0.1, 0.15) is 0 Å². The number of aromatic nitrogens is 2. The molecule has 0 aliphatic carbocycles. The van der Waals surface area contributed by atoms with Crippen molar-refractivity contribution in [2.75, 3.05) is 13.1 Å². The third-order valence-electron chi connectivity index (χ3n) is 5.31. The third-order valence-corrected chi connectivity index (χ3v) is 5.31. The molecule has 2 bridgehead atoms. The number of benzene rings is 1. The summed E-state index contributed by atoms with van der Waals surface area (Å²) in [6, 6.07) is 7.65. The van der Waals surface area contributed by atoms with Crippen LogP contribution in [0.25, 0.3) is 10.8 Å². The number of hydrogen-bond donors (Lipinski definition) is 2. The molecule has 2 aromatic rings. The van der Waals surface area contributed by atoms with E-state index in [-0.39, 0.29) is 42.4 Å². The maximum Gasteiger partial charge on any atom is 0.273 e. The Balaban J connectivity index is 0.00000196. The highest BCUT2D eigenvalue weighted by atomic mass is 35.5. The van der Waals surface area contributed by atoms with Crippen molar-refractivity contribution in [3.63, 3.8) is 0 Å². The highest BCUT2D eigenvalue weighted by Gasteiger charge is 2.30. The summed E-state index contributed by atoms with van der Waals surface area (Å²) in [5, 5.41) is 6.90. The van der Waals surface area contributed by atoms with E-state index in [0.29, 0.717) is 22.9 Å². The molecule has 1 aromatic carbocycles. The molecule has 2 aliphatic rings. The van der Waals surface area contributed by atoms with Gasteiger partial charge in [0.05, 0.1) is 17.3 Å². The minimum absolute atomic E-state index is 0. The minimum Gasteiger partial charge on any atom is -0.341 e. The maximum absolute atomic E-state index is 12.6. The molecule has 2 aliphatic heterocycles. The Morgan fingerprint density at radius 2 is 1.81 bits per heavy atom. The van der Waals surface area contributed by atoms with Gasteiger partial charge in [0.15, 0.2) is 0 Å². The van der Waals surface area contributed by atoms with Crippen LogP contribution in [-0.4, -0.2) is 45.8 Å². The first kappa shape index (κ1) is 18.7. The Hall–Kier alpha value is -2.12. The summed E-state index contributed by atoms with van der Waals surface area (Å²) in [6.07, 6.45) is 3.51. The Morgan fingerprint density at radius 3 is 2.62 bits per heavy atom. The van der Waals surface area contributed by atoms with Crippen molar-refractivity contribution in [3.05, 3.63) is 45.0 Å². The molecule has 3 heterocycles. The van der Waals surface area contributed by atoms with Crippen molar-refractivity contribution in [3.8, 4) is 0 Å². The monoisotopic (exact) mass is 378 g/mol. The molecule has 1 aromatic heterocycles. The molecule has 2 unspecified atom stereocenters. The number of likely N-dealkylation sites (tertiary alicyclic amines) is 1. The largest absolute Gasteiger partial charge is 0.341 e. The van der Waals surface area contributed by atoms with Gasteiger partial charge >= 0.3 is 0 Å². The van der Waals surface area contributed by atoms with Crippen LogP contribution in [-0.2, 0) is 11.3 Å². The number of fused-ring (bicyclic) bond motifs is 3. The number of aryl methyl sites for hydroxylation is 1. The second-order valence-electron chi connectivity index (χ2n) is 6.96. The molecular weight excluding hydrogens is 356 g/mol. The Labute approximate surface area is 156 Å². The highest BCUT2D eigenvalue weighted by molar-refractivity contribution is 5.85. The molecule has 0 radical (unpaired) electrons. The molecule has 2 fully saturated rings. The minimum atomic E-state index is -0.307. The summed E-state index contributed by atoms with van der Waals surface area (Å²) in [5.74, 6) is 0.0373. The van der Waals surface area contributed by atoms with Gasteiger partial charge in [-0.25, -0.2) is 4.68 Å². The summed E-state index contributed by atoms with van der Waals surface area (Å²) in [4.78, 5) is 39.0. The zero-order chi connectivity index (χ0) is 17.4. The van der Waals surface area contributed by atoms with Crippen molar-refractivity contribution in [1.82, 2.24) is 20.0 Å². The molecular formula is C18H23ClN4O3. The van der Waals surface area contributed by atoms with Gasteiger partial charge in [-0.1, -0.05) is 12.1 Å². The summed E-state index contributed by atoms with van der Waals surface area (Å²) in [5.41, 5.74) is -0.571. The molecule has 4 rings (SSSR count). The van der Waals surface area contributed by atoms with Gasteiger partial charge in [0.2, 0.25) is 5.91 Å². The van der Waals surface area contributed by atoms with E-state index in [1.54, 1.807) is 24.3 Å². The first-order chi connectivity index (χ1) is 12.1. The molecule has 7 nitrogen and oxygen atoms in total. The van der Waals surface area contributed by atoms with Crippen LogP contribution in [0, 0.1) is 0 Å². The van der Waals surface area contributed by atoms with Crippen LogP contribution in [0.3, 0.4) is 0 Å². The zero-order valence-corrected chi connectivity index (χ0v) is 15.3. The fraction of sp³-hybridized carbons (Fsp3) is 0.500. The number of H-pyrrole nitrogens is 1. The molecule has 2 saturated heterocycles. The number of carbonyl (C=O) groups is 1. The van der Waals surface area contributed by atoms with Crippen LogP contribution in [0.5, 0.6) is 0 Å². The molecule has 1 amide bonds. The summed E-state index contributed by atoms with van der Waals surface area (Å²) in [7, 11) is 0. The van der Waals surface area contributed by atoms with Gasteiger partial charge in [-0.05, 0) is 31.4 Å². The molecule has 0 spiro atoms. The van der Waals surface area contributed by atoms with E-state index >= 15 is 0 Å². The lowest BCUT2D eigenvalue weighted by Crippen LogP contribution is -2.40. The van der Waals surface area contributed by atoms with Crippen LogP contribution < -0.4 is 16.4 Å². The van der Waals surface area contributed by atoms with Crippen LogP contribution in [0.15, 0.2) is 33.9 Å². The predicted octanol–water partition coefficient (Wildman–Crippen LogP) is 0.855. The summed E-state index contributed by atoms with van der Waals surface area (Å²) >= 11 is 0. The van der Waals surface area contributed by atoms with Gasteiger partial charge in [-0.3, -0.25) is 19.5 Å². The zero-order valence-electron chi connectivity index (χ0n) is 14.4. The van der Waals surface area contributed by atoms with E-state index in [9.17, 15) is 14.4 Å². The van der Waals surface area contributed by atoms with E-state index < -0.39 is 0 Å². The van der Waals surface area contributed by atoms with Crippen LogP contribution in [0.4, 0.5) is 0 Å². The molecule has 2 N–H and O–H groups in total. The highest BCUT2D eigenvalue weighted by Crippen LogP contribution is 2.20. The molecule has 0 saturated carbocycles. The van der Waals surface area contributed by atoms with E-state index in [2.05, 4.69) is 10.4 Å². The second kappa shape index (κ2) is 7.63. The molecule has 2 atom stereocenters. The number of carbonyl (C=O) groups excluding carboxylic acids is 1. The van der Waals surface area contributed by atoms with Crippen LogP contribution in [0.1, 0.15) is 25.7 Å². The normalized spacial score (nSPS) is 22.1. The number of nitrogens with zero attached hydrogens (tertiary/aromatic N) is 2. The van der Waals surface area contributed by atoms with Crippen LogP contribution in [0.2, 0.25) is 0 Å². The maximum atomic E-state index is 12.6. The van der Waals surface area contributed by atoms with Gasteiger partial charge in [-0.2, -0.15) is 0 Å². The van der Waals surface area contributed by atoms with Gasteiger partial charge in [0, 0.05) is 31.6 Å². The fourth-order valence-corrected chi connectivity index (χ4v) is 3.94. The third kappa shape index (κ3) is 3.54. The second-order valence-corrected chi connectivity index (χ2v) is 6.96. The van der Waals surface area contributed by atoms with Crippen molar-refractivity contribution in [2.45, 2.75) is 44.3 Å². The Morgan fingerprint density at radius 1 is 1.08 bits per heavy atom. The SMILES string of the molecule is Cl.O=C(CCn1[nH]c(=O)c2ccccc2c1=O)N1CCC2CCC(C1)N2. The standard InChI is InChI=1S/C18H22N4O3.ClH/c23-16(21-9-7-12-5-6-13(11-21)19-12)8-10-22-18(25)15-4-2-1-3-14(15)17(24)20-22;/h1-4,12-13,19H,5-11H2,(H,20,24);1H. The average molecular weight is 379 g/mol. The van der Waals surface area contributed by atoms with Crippen molar-refractivity contribution < 1.29 is 4.79 Å². The first-order valence-corrected chi connectivity index (χ1v) is 8.87. The van der Waals surface area contributed by atoms with Gasteiger partial charge in [-0.15, -0.1) is 12.4 Å². The number of halogens is 1. The van der Waals surface area contributed by atoms with E-state index in [0.717, 1.165) is 25.9 Å². The number of rotatable bonds is 3. The number of hydrogen-bond acceptors (Lipinski definition) is 4. The first-order valence-electron chi connectivity index (χ1n) is 8.87. The number of nitrogens with one attached hydrogen (secondary N) is 2. The summed E-state index contributed by atoms with van der Waals surface area (Å²) < 4.78 is 1.25. The topological polar surface area (TPSA) is 87.2 Å². The molecule has 8 heteroatoms. The van der Waals surface area contributed by atoms with E-state index in [4.69, 9.17) is 0 Å². The number of aromatic amines is 1. The average Bonchev–Trinajstić information content (AvgIpc) is 2.95.